The smallest absolute Gasteiger partial charge is 0.250 e. The van der Waals surface area contributed by atoms with Gasteiger partial charge in [-0.1, -0.05) is 18.2 Å². The van der Waals surface area contributed by atoms with E-state index in [1.165, 1.54) is 17.0 Å². The number of nitrogens with two attached hydrogens (primary N) is 1. The summed E-state index contributed by atoms with van der Waals surface area (Å²) >= 11 is 0. The summed E-state index contributed by atoms with van der Waals surface area (Å²) in [5.74, 6) is 0. The Hall–Kier alpha value is -2.49. The molecule has 20 heavy (non-hydrogen) atoms. The molecule has 0 unspecified atom stereocenters. The van der Waals surface area contributed by atoms with Gasteiger partial charge in [0.15, 0.2) is 0 Å². The largest absolute Gasteiger partial charge is 0.398 e. The molecule has 0 atom stereocenters. The van der Waals surface area contributed by atoms with Crippen molar-refractivity contribution < 1.29 is 0 Å². The number of para-hydroxylation sites is 1. The number of anilines is 1. The molecular formula is C16H17N3O. The number of benzene rings is 1. The first kappa shape index (κ1) is 12.5. The molecule has 0 spiro atoms. The normalized spacial score (nSPS) is 11.0. The summed E-state index contributed by atoms with van der Waals surface area (Å²) in [7, 11) is 0. The van der Waals surface area contributed by atoms with Gasteiger partial charge in [0.05, 0.1) is 0 Å². The molecule has 0 aliphatic rings. The van der Waals surface area contributed by atoms with Gasteiger partial charge in [0, 0.05) is 42.8 Å². The summed E-state index contributed by atoms with van der Waals surface area (Å²) in [5.41, 5.74) is 7.55. The Morgan fingerprint density at radius 1 is 0.950 bits per heavy atom. The Morgan fingerprint density at radius 3 is 2.65 bits per heavy atom. The lowest BCUT2D eigenvalue weighted by Gasteiger charge is -2.08. The number of nitrogens with zero attached hydrogens (tertiary/aromatic N) is 2. The van der Waals surface area contributed by atoms with Crippen molar-refractivity contribution in [3.05, 3.63) is 65.2 Å². The Morgan fingerprint density at radius 2 is 1.75 bits per heavy atom. The molecule has 2 aromatic heterocycles. The Labute approximate surface area is 117 Å². The number of hydrogen-bond donors (Lipinski definition) is 1. The van der Waals surface area contributed by atoms with E-state index in [4.69, 9.17) is 5.73 Å². The van der Waals surface area contributed by atoms with Crippen molar-refractivity contribution in [3.63, 3.8) is 0 Å². The van der Waals surface area contributed by atoms with Crippen LogP contribution in [0.3, 0.4) is 0 Å². The molecule has 4 heteroatoms. The Balaban J connectivity index is 1.71. The van der Waals surface area contributed by atoms with Gasteiger partial charge in [0.25, 0.3) is 5.56 Å². The van der Waals surface area contributed by atoms with Crippen molar-refractivity contribution in [2.75, 3.05) is 5.73 Å². The molecule has 3 rings (SSSR count). The van der Waals surface area contributed by atoms with E-state index in [2.05, 4.69) is 29.0 Å². The average molecular weight is 267 g/mol. The molecule has 1 aromatic carbocycles. The molecule has 4 nitrogen and oxygen atoms in total. The van der Waals surface area contributed by atoms with Gasteiger partial charge in [-0.15, -0.1) is 0 Å². The fourth-order valence-electron chi connectivity index (χ4n) is 2.47. The summed E-state index contributed by atoms with van der Waals surface area (Å²) < 4.78 is 3.88. The molecule has 2 N–H and O–H groups in total. The van der Waals surface area contributed by atoms with Crippen LogP contribution in [0, 0.1) is 0 Å². The number of fused-ring (bicyclic) bond motifs is 1. The molecule has 3 aromatic rings. The Bertz CT molecular complexity index is 786. The highest BCUT2D eigenvalue weighted by Gasteiger charge is 2.01. The second-order valence-electron chi connectivity index (χ2n) is 4.92. The molecule has 102 valence electrons. The fraction of sp³-hybridized carbons (Fsp3) is 0.188. The van der Waals surface area contributed by atoms with Gasteiger partial charge in [-0.05, 0) is 30.0 Å². The van der Waals surface area contributed by atoms with Gasteiger partial charge in [0.1, 0.15) is 0 Å². The summed E-state index contributed by atoms with van der Waals surface area (Å²) in [6.45, 7) is 1.56. The van der Waals surface area contributed by atoms with Crippen LogP contribution in [-0.4, -0.2) is 9.13 Å². The van der Waals surface area contributed by atoms with Gasteiger partial charge in [-0.3, -0.25) is 4.79 Å². The van der Waals surface area contributed by atoms with E-state index in [-0.39, 0.29) is 5.56 Å². The maximum Gasteiger partial charge on any atom is 0.250 e. The summed E-state index contributed by atoms with van der Waals surface area (Å²) in [6, 6.07) is 13.6. The van der Waals surface area contributed by atoms with E-state index in [1.807, 2.05) is 12.1 Å². The average Bonchev–Trinajstić information content (AvgIpc) is 2.86. The highest BCUT2D eigenvalue weighted by molar-refractivity contribution is 5.79. The first-order valence-corrected chi connectivity index (χ1v) is 6.74. The lowest BCUT2D eigenvalue weighted by molar-refractivity contribution is 0.562. The van der Waals surface area contributed by atoms with Crippen LogP contribution < -0.4 is 11.3 Å². The highest BCUT2D eigenvalue weighted by Crippen LogP contribution is 2.15. The molecule has 0 saturated carbocycles. The van der Waals surface area contributed by atoms with Crippen LogP contribution in [0.25, 0.3) is 10.9 Å². The minimum atomic E-state index is -0.00318. The zero-order chi connectivity index (χ0) is 13.9. The van der Waals surface area contributed by atoms with E-state index < -0.39 is 0 Å². The number of hydrogen-bond acceptors (Lipinski definition) is 2. The van der Waals surface area contributed by atoms with Crippen LogP contribution in [0.4, 0.5) is 5.69 Å². The summed E-state index contributed by atoms with van der Waals surface area (Å²) in [5, 5.41) is 1.24. The third-order valence-electron chi connectivity index (χ3n) is 3.48. The molecule has 0 amide bonds. The third kappa shape index (κ3) is 2.45. The predicted octanol–water partition coefficient (Wildman–Crippen LogP) is 2.48. The molecule has 0 aliphatic carbocycles. The van der Waals surface area contributed by atoms with Crippen molar-refractivity contribution >= 4 is 16.6 Å². The quantitative estimate of drug-likeness (QED) is 0.789. The standard InChI is InChI=1S/C16H17N3O/c17-14-6-7-16(20)19(12-14)10-3-9-18-11-8-13-4-1-2-5-15(13)18/h1-2,4-8,11-12H,3,9-10,17H2. The van der Waals surface area contributed by atoms with Gasteiger partial charge in [-0.2, -0.15) is 0 Å². The molecule has 0 saturated heterocycles. The van der Waals surface area contributed by atoms with Crippen LogP contribution in [0.5, 0.6) is 0 Å². The maximum absolute atomic E-state index is 11.7. The van der Waals surface area contributed by atoms with Crippen molar-refractivity contribution in [2.24, 2.45) is 0 Å². The molecule has 0 fully saturated rings. The van der Waals surface area contributed by atoms with E-state index in [0.29, 0.717) is 12.2 Å². The molecule has 2 heterocycles. The summed E-state index contributed by atoms with van der Waals surface area (Å²) in [4.78, 5) is 11.7. The van der Waals surface area contributed by atoms with Crippen LogP contribution in [0.15, 0.2) is 59.7 Å². The number of pyridine rings is 1. The van der Waals surface area contributed by atoms with Gasteiger partial charge < -0.3 is 14.9 Å². The maximum atomic E-state index is 11.7. The van der Waals surface area contributed by atoms with Crippen molar-refractivity contribution in [1.29, 1.82) is 0 Å². The third-order valence-corrected chi connectivity index (χ3v) is 3.48. The zero-order valence-electron chi connectivity index (χ0n) is 11.2. The van der Waals surface area contributed by atoms with Crippen molar-refractivity contribution in [2.45, 2.75) is 19.5 Å². The second kappa shape index (κ2) is 5.25. The van der Waals surface area contributed by atoms with Crippen molar-refractivity contribution in [1.82, 2.24) is 9.13 Å². The minimum absolute atomic E-state index is 0.00318. The first-order chi connectivity index (χ1) is 9.74. The molecule has 0 bridgehead atoms. The van der Waals surface area contributed by atoms with Crippen LogP contribution >= 0.6 is 0 Å². The van der Waals surface area contributed by atoms with Crippen LogP contribution in [-0.2, 0) is 13.1 Å². The van der Waals surface area contributed by atoms with E-state index in [1.54, 1.807) is 16.8 Å². The first-order valence-electron chi connectivity index (χ1n) is 6.74. The monoisotopic (exact) mass is 267 g/mol. The van der Waals surface area contributed by atoms with E-state index in [9.17, 15) is 4.79 Å². The number of aromatic nitrogens is 2. The van der Waals surface area contributed by atoms with Crippen LogP contribution in [0.2, 0.25) is 0 Å². The number of aryl methyl sites for hydroxylation is 2. The number of rotatable bonds is 4. The van der Waals surface area contributed by atoms with E-state index >= 15 is 0 Å². The van der Waals surface area contributed by atoms with Gasteiger partial charge in [0.2, 0.25) is 0 Å². The fourth-order valence-corrected chi connectivity index (χ4v) is 2.47. The minimum Gasteiger partial charge on any atom is -0.398 e. The van der Waals surface area contributed by atoms with E-state index in [0.717, 1.165) is 13.0 Å². The zero-order valence-corrected chi connectivity index (χ0v) is 11.2. The van der Waals surface area contributed by atoms with Crippen molar-refractivity contribution in [3.8, 4) is 0 Å². The highest BCUT2D eigenvalue weighted by atomic mass is 16.1. The lowest BCUT2D eigenvalue weighted by Crippen LogP contribution is -2.19. The lowest BCUT2D eigenvalue weighted by atomic mass is 10.2. The second-order valence-corrected chi connectivity index (χ2v) is 4.92. The summed E-state index contributed by atoms with van der Waals surface area (Å²) in [6.07, 6.45) is 4.69. The molecular weight excluding hydrogens is 250 g/mol. The van der Waals surface area contributed by atoms with Gasteiger partial charge >= 0.3 is 0 Å². The predicted molar refractivity (Wildman–Crippen MR) is 81.7 cm³/mol. The Kier molecular flexibility index (Phi) is 3.29. The SMILES string of the molecule is Nc1ccc(=O)n(CCCn2ccc3ccccc32)c1. The topological polar surface area (TPSA) is 53.0 Å². The van der Waals surface area contributed by atoms with Gasteiger partial charge in [-0.25, -0.2) is 0 Å². The molecule has 0 aliphatic heterocycles. The number of nitrogen functional groups attached to an aromatic ring is 1. The molecule has 0 radical (unpaired) electrons. The van der Waals surface area contributed by atoms with Crippen LogP contribution in [0.1, 0.15) is 6.42 Å².